The number of hydrogen-bond donors (Lipinski definition) is 2. The van der Waals surface area contributed by atoms with E-state index in [0.29, 0.717) is 11.3 Å². The van der Waals surface area contributed by atoms with E-state index in [9.17, 15) is 23.1 Å². The third kappa shape index (κ3) is 4.39. The number of rotatable bonds is 7. The van der Waals surface area contributed by atoms with Crippen molar-refractivity contribution in [2.24, 2.45) is 14.1 Å². The van der Waals surface area contributed by atoms with Crippen LogP contribution in [0.4, 0.5) is 0 Å². The summed E-state index contributed by atoms with van der Waals surface area (Å²) in [5, 5.41) is 10.1. The average Bonchev–Trinajstić information content (AvgIpc) is 2.73. The van der Waals surface area contributed by atoms with E-state index in [4.69, 9.17) is 4.74 Å². The van der Waals surface area contributed by atoms with Crippen LogP contribution in [0.2, 0.25) is 0 Å². The van der Waals surface area contributed by atoms with Gasteiger partial charge in [0.15, 0.2) is 0 Å². The zero-order chi connectivity index (χ0) is 21.2. The number of fused-ring (bicyclic) bond motifs is 1. The molecule has 0 aliphatic rings. The van der Waals surface area contributed by atoms with E-state index in [0.717, 1.165) is 4.57 Å². The van der Waals surface area contributed by atoms with Gasteiger partial charge in [-0.3, -0.25) is 13.9 Å². The number of aryl methyl sites for hydroxylation is 1. The molecule has 0 radical (unpaired) electrons. The van der Waals surface area contributed by atoms with Gasteiger partial charge in [-0.15, -0.1) is 0 Å². The van der Waals surface area contributed by atoms with Gasteiger partial charge in [-0.25, -0.2) is 17.9 Å². The summed E-state index contributed by atoms with van der Waals surface area (Å²) < 4.78 is 35.0. The maximum atomic E-state index is 12.6. The quantitative estimate of drug-likeness (QED) is 0.554. The first-order chi connectivity index (χ1) is 13.7. The Morgan fingerprint density at radius 1 is 1.07 bits per heavy atom. The first kappa shape index (κ1) is 20.8. The highest BCUT2D eigenvalue weighted by Gasteiger charge is 2.18. The Hall–Kier alpha value is -2.95. The lowest BCUT2D eigenvalue weighted by Crippen LogP contribution is -2.37. The van der Waals surface area contributed by atoms with Crippen LogP contribution in [-0.2, 0) is 24.1 Å². The number of nitrogens with zero attached hydrogens (tertiary/aromatic N) is 2. The summed E-state index contributed by atoms with van der Waals surface area (Å²) >= 11 is 0. The van der Waals surface area contributed by atoms with Gasteiger partial charge in [0.2, 0.25) is 10.0 Å². The van der Waals surface area contributed by atoms with E-state index >= 15 is 0 Å². The molecule has 10 heteroatoms. The van der Waals surface area contributed by atoms with E-state index in [1.807, 2.05) is 6.07 Å². The van der Waals surface area contributed by atoms with Crippen molar-refractivity contribution >= 4 is 20.9 Å². The average molecular weight is 419 g/mol. The van der Waals surface area contributed by atoms with Crippen LogP contribution in [0.5, 0.6) is 5.75 Å². The second kappa shape index (κ2) is 8.19. The molecule has 1 atom stereocenters. The zero-order valence-electron chi connectivity index (χ0n) is 15.9. The summed E-state index contributed by atoms with van der Waals surface area (Å²) in [5.41, 5.74) is -0.762. The minimum atomic E-state index is -3.98. The molecule has 0 aliphatic heterocycles. The first-order valence-electron chi connectivity index (χ1n) is 8.76. The van der Waals surface area contributed by atoms with Gasteiger partial charge < -0.3 is 9.84 Å². The van der Waals surface area contributed by atoms with E-state index in [1.165, 1.54) is 36.9 Å². The molecule has 0 saturated heterocycles. The molecule has 0 amide bonds. The summed E-state index contributed by atoms with van der Waals surface area (Å²) in [5.74, 6) is 0.561. The van der Waals surface area contributed by atoms with Crippen LogP contribution in [0.1, 0.15) is 0 Å². The first-order valence-corrected chi connectivity index (χ1v) is 10.2. The van der Waals surface area contributed by atoms with Crippen molar-refractivity contribution < 1.29 is 18.3 Å². The standard InChI is InChI=1S/C19H21N3O6S/c1-21-17-9-8-15(10-16(17)18(24)22(2)19(21)25)29(26,27)20-11-13(23)12-28-14-6-4-3-5-7-14/h3-10,13,20,23H,11-12H2,1-2H3/t13-/m0/s1. The number of nitrogens with one attached hydrogen (secondary N) is 1. The van der Waals surface area contributed by atoms with Crippen molar-refractivity contribution in [3.63, 3.8) is 0 Å². The van der Waals surface area contributed by atoms with E-state index < -0.39 is 27.4 Å². The Balaban J connectivity index is 1.76. The molecule has 154 valence electrons. The molecular weight excluding hydrogens is 398 g/mol. The number of ether oxygens (including phenoxy) is 1. The molecule has 1 heterocycles. The van der Waals surface area contributed by atoms with Gasteiger partial charge in [-0.05, 0) is 30.3 Å². The fourth-order valence-corrected chi connectivity index (χ4v) is 3.90. The second-order valence-corrected chi connectivity index (χ2v) is 8.28. The van der Waals surface area contributed by atoms with Gasteiger partial charge in [0, 0.05) is 20.6 Å². The molecule has 9 nitrogen and oxygen atoms in total. The molecule has 3 aromatic rings. The van der Waals surface area contributed by atoms with Gasteiger partial charge in [0.05, 0.1) is 15.8 Å². The molecular formula is C19H21N3O6S. The summed E-state index contributed by atoms with van der Waals surface area (Å²) in [6, 6.07) is 12.8. The third-order valence-electron chi connectivity index (χ3n) is 4.44. The molecule has 0 aliphatic carbocycles. The fraction of sp³-hybridized carbons (Fsp3) is 0.263. The van der Waals surface area contributed by atoms with Crippen molar-refractivity contribution in [3.05, 3.63) is 69.4 Å². The second-order valence-electron chi connectivity index (χ2n) is 6.51. The Kier molecular flexibility index (Phi) is 5.87. The van der Waals surface area contributed by atoms with Crippen LogP contribution in [0.25, 0.3) is 10.9 Å². The lowest BCUT2D eigenvalue weighted by Gasteiger charge is -2.14. The van der Waals surface area contributed by atoms with E-state index in [-0.39, 0.29) is 23.4 Å². The van der Waals surface area contributed by atoms with Crippen molar-refractivity contribution in [3.8, 4) is 5.75 Å². The van der Waals surface area contributed by atoms with Gasteiger partial charge in [0.25, 0.3) is 5.56 Å². The lowest BCUT2D eigenvalue weighted by atomic mass is 10.2. The minimum Gasteiger partial charge on any atom is -0.491 e. The predicted octanol–water partition coefficient (Wildman–Crippen LogP) is -0.0446. The lowest BCUT2D eigenvalue weighted by molar-refractivity contribution is 0.111. The number of aliphatic hydroxyl groups is 1. The van der Waals surface area contributed by atoms with Crippen LogP contribution >= 0.6 is 0 Å². The molecule has 2 aromatic carbocycles. The van der Waals surface area contributed by atoms with Crippen LogP contribution in [0, 0.1) is 0 Å². The molecule has 0 fully saturated rings. The minimum absolute atomic E-state index is 0.0904. The summed E-state index contributed by atoms with van der Waals surface area (Å²) in [7, 11) is -1.16. The van der Waals surface area contributed by atoms with E-state index in [1.54, 1.807) is 24.3 Å². The van der Waals surface area contributed by atoms with Crippen molar-refractivity contribution in [1.82, 2.24) is 13.9 Å². The largest absolute Gasteiger partial charge is 0.491 e. The number of aliphatic hydroxyl groups excluding tert-OH is 1. The Bertz CT molecular complexity index is 1250. The summed E-state index contributed by atoms with van der Waals surface area (Å²) in [4.78, 5) is 24.2. The molecule has 0 unspecified atom stereocenters. The van der Waals surface area contributed by atoms with Crippen LogP contribution in [-0.4, -0.2) is 41.9 Å². The van der Waals surface area contributed by atoms with Crippen LogP contribution in [0.3, 0.4) is 0 Å². The highest BCUT2D eigenvalue weighted by molar-refractivity contribution is 7.89. The van der Waals surface area contributed by atoms with Gasteiger partial charge in [-0.2, -0.15) is 0 Å². The molecule has 0 saturated carbocycles. The molecule has 29 heavy (non-hydrogen) atoms. The predicted molar refractivity (Wildman–Crippen MR) is 108 cm³/mol. The highest BCUT2D eigenvalue weighted by atomic mass is 32.2. The number of sulfonamides is 1. The van der Waals surface area contributed by atoms with Crippen molar-refractivity contribution in [2.45, 2.75) is 11.0 Å². The van der Waals surface area contributed by atoms with Gasteiger partial charge in [0.1, 0.15) is 18.5 Å². The molecule has 0 bridgehead atoms. The molecule has 0 spiro atoms. The number of para-hydroxylation sites is 1. The summed E-state index contributed by atoms with van der Waals surface area (Å²) in [6.07, 6.45) is -1.07. The van der Waals surface area contributed by atoms with Crippen LogP contribution in [0.15, 0.2) is 63.0 Å². The van der Waals surface area contributed by atoms with E-state index in [2.05, 4.69) is 4.72 Å². The van der Waals surface area contributed by atoms with Gasteiger partial charge in [-0.1, -0.05) is 18.2 Å². The third-order valence-corrected chi connectivity index (χ3v) is 5.86. The number of benzene rings is 2. The smallest absolute Gasteiger partial charge is 0.330 e. The molecule has 3 rings (SSSR count). The maximum absolute atomic E-state index is 12.6. The SMILES string of the molecule is Cn1c(=O)c2cc(S(=O)(=O)NC[C@H](O)COc3ccccc3)ccc2n(C)c1=O. The Morgan fingerprint density at radius 3 is 2.45 bits per heavy atom. The van der Waals surface area contributed by atoms with Crippen molar-refractivity contribution in [2.75, 3.05) is 13.2 Å². The monoisotopic (exact) mass is 419 g/mol. The normalized spacial score (nSPS) is 12.8. The topological polar surface area (TPSA) is 120 Å². The number of aromatic nitrogens is 2. The van der Waals surface area contributed by atoms with Gasteiger partial charge >= 0.3 is 5.69 Å². The van der Waals surface area contributed by atoms with Crippen LogP contribution < -0.4 is 20.7 Å². The molecule has 2 N–H and O–H groups in total. The Morgan fingerprint density at radius 2 is 1.76 bits per heavy atom. The maximum Gasteiger partial charge on any atom is 0.330 e. The Labute approximate surface area is 166 Å². The van der Waals surface area contributed by atoms with Crippen molar-refractivity contribution in [1.29, 1.82) is 0 Å². The fourth-order valence-electron chi connectivity index (χ4n) is 2.80. The molecule has 1 aromatic heterocycles. The summed E-state index contributed by atoms with van der Waals surface area (Å²) in [6.45, 7) is -0.356. The highest BCUT2D eigenvalue weighted by Crippen LogP contribution is 2.15. The zero-order valence-corrected chi connectivity index (χ0v) is 16.7. The number of hydrogen-bond acceptors (Lipinski definition) is 6.